The van der Waals surface area contributed by atoms with Crippen molar-refractivity contribution in [2.75, 3.05) is 5.32 Å². The van der Waals surface area contributed by atoms with Gasteiger partial charge in [0.1, 0.15) is 5.82 Å². The van der Waals surface area contributed by atoms with Crippen LogP contribution in [0.1, 0.15) is 28.8 Å². The highest BCUT2D eigenvalue weighted by atomic mass is 19.1. The van der Waals surface area contributed by atoms with E-state index in [1.807, 2.05) is 12.1 Å². The molecule has 0 bridgehead atoms. The van der Waals surface area contributed by atoms with Crippen LogP contribution in [0.15, 0.2) is 48.5 Å². The standard InChI is InChI=1S/C18H17FN2O2/c19-14-5-3-13(4-6-14)18(23)21-16-7-1-12(2-8-16)11-17(22)20-15-9-10-15/h1-8,15H,9-11H2,(H,20,22)(H,21,23). The minimum absolute atomic E-state index is 0.0237. The van der Waals surface area contributed by atoms with Gasteiger partial charge in [0.05, 0.1) is 6.42 Å². The molecule has 1 fully saturated rings. The number of benzene rings is 2. The number of hydrogen-bond acceptors (Lipinski definition) is 2. The molecule has 0 radical (unpaired) electrons. The first kappa shape index (κ1) is 15.2. The van der Waals surface area contributed by atoms with Crippen molar-refractivity contribution in [1.29, 1.82) is 0 Å². The molecule has 2 aromatic carbocycles. The quantitative estimate of drug-likeness (QED) is 0.892. The maximum Gasteiger partial charge on any atom is 0.255 e. The zero-order chi connectivity index (χ0) is 16.2. The van der Waals surface area contributed by atoms with Crippen LogP contribution in [-0.4, -0.2) is 17.9 Å². The van der Waals surface area contributed by atoms with Gasteiger partial charge in [-0.1, -0.05) is 12.1 Å². The average molecular weight is 312 g/mol. The van der Waals surface area contributed by atoms with Gasteiger partial charge in [0, 0.05) is 17.3 Å². The topological polar surface area (TPSA) is 58.2 Å². The van der Waals surface area contributed by atoms with Crippen LogP contribution in [0.4, 0.5) is 10.1 Å². The first-order chi connectivity index (χ1) is 11.1. The summed E-state index contributed by atoms with van der Waals surface area (Å²) in [6, 6.07) is 12.8. The molecule has 0 saturated heterocycles. The predicted octanol–water partition coefficient (Wildman–Crippen LogP) is 2.90. The summed E-state index contributed by atoms with van der Waals surface area (Å²) in [7, 11) is 0. The van der Waals surface area contributed by atoms with E-state index in [2.05, 4.69) is 10.6 Å². The van der Waals surface area contributed by atoms with Crippen LogP contribution in [-0.2, 0) is 11.2 Å². The number of anilines is 1. The van der Waals surface area contributed by atoms with Gasteiger partial charge in [-0.2, -0.15) is 0 Å². The second-order valence-corrected chi connectivity index (χ2v) is 5.68. The first-order valence-electron chi connectivity index (χ1n) is 7.55. The van der Waals surface area contributed by atoms with Gasteiger partial charge in [0.2, 0.25) is 5.91 Å². The van der Waals surface area contributed by atoms with Crippen molar-refractivity contribution >= 4 is 17.5 Å². The molecule has 2 N–H and O–H groups in total. The van der Waals surface area contributed by atoms with E-state index in [4.69, 9.17) is 0 Å². The molecule has 3 rings (SSSR count). The number of carbonyl (C=O) groups is 2. The fourth-order valence-corrected chi connectivity index (χ4v) is 2.20. The lowest BCUT2D eigenvalue weighted by atomic mass is 10.1. The number of halogens is 1. The molecule has 4 nitrogen and oxygen atoms in total. The van der Waals surface area contributed by atoms with Gasteiger partial charge in [0.15, 0.2) is 0 Å². The van der Waals surface area contributed by atoms with Gasteiger partial charge in [-0.15, -0.1) is 0 Å². The van der Waals surface area contributed by atoms with E-state index in [0.717, 1.165) is 18.4 Å². The van der Waals surface area contributed by atoms with Crippen molar-refractivity contribution in [2.24, 2.45) is 0 Å². The van der Waals surface area contributed by atoms with Gasteiger partial charge in [-0.3, -0.25) is 9.59 Å². The van der Waals surface area contributed by atoms with E-state index in [0.29, 0.717) is 23.7 Å². The molecule has 2 aromatic rings. The lowest BCUT2D eigenvalue weighted by molar-refractivity contribution is -0.120. The van der Waals surface area contributed by atoms with E-state index in [-0.39, 0.29) is 17.6 Å². The summed E-state index contributed by atoms with van der Waals surface area (Å²) < 4.78 is 12.8. The van der Waals surface area contributed by atoms with Crippen molar-refractivity contribution in [3.63, 3.8) is 0 Å². The molecule has 1 saturated carbocycles. The molecule has 0 aliphatic heterocycles. The number of hydrogen-bond donors (Lipinski definition) is 2. The highest BCUT2D eigenvalue weighted by molar-refractivity contribution is 6.04. The van der Waals surface area contributed by atoms with Crippen molar-refractivity contribution in [3.8, 4) is 0 Å². The fraction of sp³-hybridized carbons (Fsp3) is 0.222. The van der Waals surface area contributed by atoms with Crippen molar-refractivity contribution in [2.45, 2.75) is 25.3 Å². The van der Waals surface area contributed by atoms with Crippen molar-refractivity contribution in [3.05, 3.63) is 65.5 Å². The predicted molar refractivity (Wildman–Crippen MR) is 85.7 cm³/mol. The zero-order valence-corrected chi connectivity index (χ0v) is 12.5. The van der Waals surface area contributed by atoms with Gasteiger partial charge in [-0.05, 0) is 54.8 Å². The van der Waals surface area contributed by atoms with Crippen LogP contribution >= 0.6 is 0 Å². The number of amides is 2. The molecule has 118 valence electrons. The maximum atomic E-state index is 12.8. The summed E-state index contributed by atoms with van der Waals surface area (Å²) in [5.41, 5.74) is 1.91. The summed E-state index contributed by atoms with van der Waals surface area (Å²) in [4.78, 5) is 23.7. The molecule has 1 aliphatic rings. The SMILES string of the molecule is O=C(Cc1ccc(NC(=O)c2ccc(F)cc2)cc1)NC1CC1. The Morgan fingerprint density at radius 1 is 1.00 bits per heavy atom. The second kappa shape index (κ2) is 6.60. The molecule has 1 aliphatic carbocycles. The Bertz CT molecular complexity index is 707. The smallest absolute Gasteiger partial charge is 0.255 e. The van der Waals surface area contributed by atoms with E-state index < -0.39 is 0 Å². The van der Waals surface area contributed by atoms with E-state index in [1.54, 1.807) is 12.1 Å². The second-order valence-electron chi connectivity index (χ2n) is 5.68. The largest absolute Gasteiger partial charge is 0.353 e. The average Bonchev–Trinajstić information content (AvgIpc) is 3.33. The molecule has 23 heavy (non-hydrogen) atoms. The van der Waals surface area contributed by atoms with Gasteiger partial charge in [-0.25, -0.2) is 4.39 Å². The lowest BCUT2D eigenvalue weighted by Crippen LogP contribution is -2.26. The molecular formula is C18H17FN2O2. The summed E-state index contributed by atoms with van der Waals surface area (Å²) in [5, 5.41) is 5.67. The Kier molecular flexibility index (Phi) is 4.37. The molecule has 2 amide bonds. The van der Waals surface area contributed by atoms with E-state index >= 15 is 0 Å². The molecule has 0 heterocycles. The fourth-order valence-electron chi connectivity index (χ4n) is 2.20. The van der Waals surface area contributed by atoms with Crippen LogP contribution in [0, 0.1) is 5.82 Å². The van der Waals surface area contributed by atoms with Gasteiger partial charge >= 0.3 is 0 Å². The molecule has 0 aromatic heterocycles. The molecule has 0 unspecified atom stereocenters. The van der Waals surface area contributed by atoms with Crippen LogP contribution in [0.3, 0.4) is 0 Å². The summed E-state index contributed by atoms with van der Waals surface area (Å²) in [6.07, 6.45) is 2.48. The molecule has 5 heteroatoms. The minimum Gasteiger partial charge on any atom is -0.353 e. The van der Waals surface area contributed by atoms with E-state index in [9.17, 15) is 14.0 Å². The Hall–Kier alpha value is -2.69. The highest BCUT2D eigenvalue weighted by Crippen LogP contribution is 2.19. The highest BCUT2D eigenvalue weighted by Gasteiger charge is 2.23. The third-order valence-electron chi connectivity index (χ3n) is 3.63. The Balaban J connectivity index is 1.57. The normalized spacial score (nSPS) is 13.4. The monoisotopic (exact) mass is 312 g/mol. The third-order valence-corrected chi connectivity index (χ3v) is 3.63. The van der Waals surface area contributed by atoms with Crippen LogP contribution < -0.4 is 10.6 Å². The first-order valence-corrected chi connectivity index (χ1v) is 7.55. The van der Waals surface area contributed by atoms with Crippen LogP contribution in [0.5, 0.6) is 0 Å². The summed E-state index contributed by atoms with van der Waals surface area (Å²) in [5.74, 6) is -0.657. The van der Waals surface area contributed by atoms with Crippen molar-refractivity contribution < 1.29 is 14.0 Å². The molecular weight excluding hydrogens is 295 g/mol. The van der Waals surface area contributed by atoms with Crippen LogP contribution in [0.2, 0.25) is 0 Å². The number of carbonyl (C=O) groups excluding carboxylic acids is 2. The Morgan fingerprint density at radius 2 is 1.65 bits per heavy atom. The molecule has 0 atom stereocenters. The summed E-state index contributed by atoms with van der Waals surface area (Å²) >= 11 is 0. The maximum absolute atomic E-state index is 12.8. The Morgan fingerprint density at radius 3 is 2.26 bits per heavy atom. The van der Waals surface area contributed by atoms with Crippen LogP contribution in [0.25, 0.3) is 0 Å². The zero-order valence-electron chi connectivity index (χ0n) is 12.5. The third kappa shape index (κ3) is 4.39. The number of nitrogens with one attached hydrogen (secondary N) is 2. The van der Waals surface area contributed by atoms with E-state index in [1.165, 1.54) is 24.3 Å². The Labute approximate surface area is 133 Å². The minimum atomic E-state index is -0.379. The molecule has 0 spiro atoms. The summed E-state index contributed by atoms with van der Waals surface area (Å²) in [6.45, 7) is 0. The lowest BCUT2D eigenvalue weighted by Gasteiger charge is -2.07. The van der Waals surface area contributed by atoms with Gasteiger partial charge in [0.25, 0.3) is 5.91 Å². The van der Waals surface area contributed by atoms with Crippen molar-refractivity contribution in [1.82, 2.24) is 5.32 Å². The number of rotatable bonds is 5. The van der Waals surface area contributed by atoms with Gasteiger partial charge < -0.3 is 10.6 Å².